The minimum absolute atomic E-state index is 0.0777. The van der Waals surface area contributed by atoms with Gasteiger partial charge in [-0.3, -0.25) is 9.59 Å². The van der Waals surface area contributed by atoms with E-state index < -0.39 is 0 Å². The summed E-state index contributed by atoms with van der Waals surface area (Å²) < 4.78 is 1.88. The SMILES string of the molecule is NCCC(=O)N1C[C@@H]2C[C@H](C1)c1cccc(=O)n1C2. The Morgan fingerprint density at radius 3 is 2.95 bits per heavy atom. The number of hydrogen-bond acceptors (Lipinski definition) is 3. The molecule has 1 saturated heterocycles. The van der Waals surface area contributed by atoms with Crippen molar-refractivity contribution >= 4 is 5.91 Å². The molecule has 2 aliphatic heterocycles. The van der Waals surface area contributed by atoms with Gasteiger partial charge >= 0.3 is 0 Å². The summed E-state index contributed by atoms with van der Waals surface area (Å²) >= 11 is 0. The molecule has 1 amide bonds. The second-order valence-corrected chi connectivity index (χ2v) is 5.54. The van der Waals surface area contributed by atoms with Gasteiger partial charge in [0.05, 0.1) is 0 Å². The summed E-state index contributed by atoms with van der Waals surface area (Å²) in [5, 5.41) is 0. The second-order valence-electron chi connectivity index (χ2n) is 5.54. The van der Waals surface area contributed by atoms with Crippen molar-refractivity contribution in [2.45, 2.75) is 25.3 Å². The fraction of sp³-hybridized carbons (Fsp3) is 0.571. The zero-order valence-electron chi connectivity index (χ0n) is 10.9. The molecule has 5 nitrogen and oxygen atoms in total. The average molecular weight is 261 g/mol. The van der Waals surface area contributed by atoms with E-state index in [2.05, 4.69) is 0 Å². The molecule has 19 heavy (non-hydrogen) atoms. The molecule has 0 radical (unpaired) electrons. The van der Waals surface area contributed by atoms with Crippen molar-refractivity contribution in [1.29, 1.82) is 0 Å². The highest BCUT2D eigenvalue weighted by Crippen LogP contribution is 2.34. The Kier molecular flexibility index (Phi) is 3.14. The van der Waals surface area contributed by atoms with Gasteiger partial charge in [0.25, 0.3) is 5.56 Å². The van der Waals surface area contributed by atoms with Crippen molar-refractivity contribution in [2.24, 2.45) is 11.7 Å². The zero-order valence-corrected chi connectivity index (χ0v) is 10.9. The fourth-order valence-corrected chi connectivity index (χ4v) is 3.38. The van der Waals surface area contributed by atoms with Crippen LogP contribution in [0.5, 0.6) is 0 Å². The van der Waals surface area contributed by atoms with E-state index in [9.17, 15) is 9.59 Å². The quantitative estimate of drug-likeness (QED) is 0.823. The Morgan fingerprint density at radius 1 is 1.32 bits per heavy atom. The van der Waals surface area contributed by atoms with Gasteiger partial charge in [-0.2, -0.15) is 0 Å². The van der Waals surface area contributed by atoms with E-state index >= 15 is 0 Å². The molecule has 1 fully saturated rings. The Bertz CT molecular complexity index is 552. The molecule has 1 aromatic heterocycles. The lowest BCUT2D eigenvalue weighted by Crippen LogP contribution is -2.49. The molecule has 102 valence electrons. The van der Waals surface area contributed by atoms with E-state index in [-0.39, 0.29) is 11.5 Å². The number of nitrogens with zero attached hydrogens (tertiary/aromatic N) is 2. The third kappa shape index (κ3) is 2.18. The van der Waals surface area contributed by atoms with Crippen LogP contribution in [0.15, 0.2) is 23.0 Å². The van der Waals surface area contributed by atoms with Crippen LogP contribution < -0.4 is 11.3 Å². The van der Waals surface area contributed by atoms with Gasteiger partial charge in [-0.1, -0.05) is 6.07 Å². The summed E-state index contributed by atoms with van der Waals surface area (Å²) in [6.07, 6.45) is 1.50. The second kappa shape index (κ2) is 4.81. The van der Waals surface area contributed by atoms with Gasteiger partial charge in [0.2, 0.25) is 5.91 Å². The first-order valence-electron chi connectivity index (χ1n) is 6.86. The van der Waals surface area contributed by atoms with Gasteiger partial charge < -0.3 is 15.2 Å². The number of rotatable bonds is 2. The minimum Gasteiger partial charge on any atom is -0.342 e. The van der Waals surface area contributed by atoms with Gasteiger partial charge in [-0.15, -0.1) is 0 Å². The lowest BCUT2D eigenvalue weighted by atomic mass is 9.83. The predicted octanol–water partition coefficient (Wildman–Crippen LogP) is 0.143. The first-order chi connectivity index (χ1) is 9.19. The summed E-state index contributed by atoms with van der Waals surface area (Å²) in [4.78, 5) is 25.8. The van der Waals surface area contributed by atoms with E-state index in [4.69, 9.17) is 5.73 Å². The van der Waals surface area contributed by atoms with E-state index in [0.717, 1.165) is 31.7 Å². The minimum atomic E-state index is 0.0777. The number of pyridine rings is 1. The molecule has 0 aliphatic carbocycles. The maximum absolute atomic E-state index is 12.0. The first-order valence-corrected chi connectivity index (χ1v) is 6.86. The van der Waals surface area contributed by atoms with Crippen LogP contribution in [0.25, 0.3) is 0 Å². The van der Waals surface area contributed by atoms with Gasteiger partial charge in [0.15, 0.2) is 0 Å². The number of piperidine rings is 1. The number of amides is 1. The number of fused-ring (bicyclic) bond motifs is 4. The average Bonchev–Trinajstić information content (AvgIpc) is 2.40. The van der Waals surface area contributed by atoms with Crippen molar-refractivity contribution in [3.63, 3.8) is 0 Å². The Hall–Kier alpha value is -1.62. The number of aromatic nitrogens is 1. The number of hydrogen-bond donors (Lipinski definition) is 1. The lowest BCUT2D eigenvalue weighted by Gasteiger charge is -2.42. The summed E-state index contributed by atoms with van der Waals surface area (Å²) in [7, 11) is 0. The van der Waals surface area contributed by atoms with E-state index in [1.54, 1.807) is 6.07 Å². The first kappa shape index (κ1) is 12.4. The number of carbonyl (C=O) groups excluding carboxylic acids is 1. The van der Waals surface area contributed by atoms with Crippen LogP contribution in [0.1, 0.15) is 24.5 Å². The highest BCUT2D eigenvalue weighted by molar-refractivity contribution is 5.76. The third-order valence-electron chi connectivity index (χ3n) is 4.19. The highest BCUT2D eigenvalue weighted by atomic mass is 16.2. The Labute approximate surface area is 112 Å². The molecule has 3 heterocycles. The molecule has 2 atom stereocenters. The van der Waals surface area contributed by atoms with Gasteiger partial charge in [-0.05, 0) is 18.4 Å². The van der Waals surface area contributed by atoms with Crippen molar-refractivity contribution in [3.05, 3.63) is 34.2 Å². The topological polar surface area (TPSA) is 68.3 Å². The summed E-state index contributed by atoms with van der Waals surface area (Å²) in [6, 6.07) is 5.44. The largest absolute Gasteiger partial charge is 0.342 e. The van der Waals surface area contributed by atoms with E-state index in [1.807, 2.05) is 21.6 Å². The van der Waals surface area contributed by atoms with E-state index in [0.29, 0.717) is 24.8 Å². The molecular formula is C14H19N3O2. The molecule has 0 spiro atoms. The molecule has 2 aliphatic rings. The predicted molar refractivity (Wildman–Crippen MR) is 71.8 cm³/mol. The molecular weight excluding hydrogens is 242 g/mol. The Morgan fingerprint density at radius 2 is 2.16 bits per heavy atom. The molecule has 0 aromatic carbocycles. The molecule has 2 N–H and O–H groups in total. The molecule has 3 rings (SSSR count). The van der Waals surface area contributed by atoms with Crippen molar-refractivity contribution < 1.29 is 4.79 Å². The van der Waals surface area contributed by atoms with Gasteiger partial charge in [0, 0.05) is 50.3 Å². The third-order valence-corrected chi connectivity index (χ3v) is 4.19. The number of nitrogens with two attached hydrogens (primary N) is 1. The van der Waals surface area contributed by atoms with E-state index in [1.165, 1.54) is 0 Å². The summed E-state index contributed by atoms with van der Waals surface area (Å²) in [6.45, 7) is 2.62. The highest BCUT2D eigenvalue weighted by Gasteiger charge is 2.35. The Balaban J connectivity index is 1.88. The number of carbonyl (C=O) groups is 1. The monoisotopic (exact) mass is 261 g/mol. The van der Waals surface area contributed by atoms with Crippen LogP contribution in [0.2, 0.25) is 0 Å². The molecule has 5 heteroatoms. The normalized spacial score (nSPS) is 25.0. The summed E-state index contributed by atoms with van der Waals surface area (Å²) in [5.41, 5.74) is 6.61. The van der Waals surface area contributed by atoms with Crippen molar-refractivity contribution in [1.82, 2.24) is 9.47 Å². The maximum atomic E-state index is 12.0. The zero-order chi connectivity index (χ0) is 13.4. The van der Waals surface area contributed by atoms with Crippen molar-refractivity contribution in [2.75, 3.05) is 19.6 Å². The lowest BCUT2D eigenvalue weighted by molar-refractivity contribution is -0.133. The fourth-order valence-electron chi connectivity index (χ4n) is 3.38. The molecule has 2 bridgehead atoms. The maximum Gasteiger partial charge on any atom is 0.250 e. The standard InChI is InChI=1S/C14H19N3O2/c15-5-4-13(18)16-7-10-6-11(9-16)12-2-1-3-14(19)17(12)8-10/h1-3,10-11H,4-9,15H2/t10-,11+/m0/s1. The molecule has 1 aromatic rings. The van der Waals surface area contributed by atoms with Crippen molar-refractivity contribution in [3.8, 4) is 0 Å². The smallest absolute Gasteiger partial charge is 0.250 e. The number of likely N-dealkylation sites (tertiary alicyclic amines) is 1. The van der Waals surface area contributed by atoms with Crippen LogP contribution in [-0.4, -0.2) is 35.0 Å². The van der Waals surface area contributed by atoms with Gasteiger partial charge in [-0.25, -0.2) is 0 Å². The van der Waals surface area contributed by atoms with Crippen LogP contribution >= 0.6 is 0 Å². The van der Waals surface area contributed by atoms with Crippen LogP contribution in [0, 0.1) is 5.92 Å². The molecule has 0 unspecified atom stereocenters. The molecule has 0 saturated carbocycles. The van der Waals surface area contributed by atoms with Crippen LogP contribution in [0.3, 0.4) is 0 Å². The summed E-state index contributed by atoms with van der Waals surface area (Å²) in [5.74, 6) is 0.833. The van der Waals surface area contributed by atoms with Gasteiger partial charge in [0.1, 0.15) is 0 Å². The van der Waals surface area contributed by atoms with Crippen LogP contribution in [-0.2, 0) is 11.3 Å². The van der Waals surface area contributed by atoms with Crippen LogP contribution in [0.4, 0.5) is 0 Å².